The predicted octanol–water partition coefficient (Wildman–Crippen LogP) is 18.2. The average Bonchev–Trinajstić information content (AvgIpc) is 0.754. The summed E-state index contributed by atoms with van der Waals surface area (Å²) in [5.74, 6) is 0. The molecule has 0 bridgehead atoms. The third-order valence-electron chi connectivity index (χ3n) is 19.4. The topological polar surface area (TPSA) is 111 Å². The molecule has 0 saturated carbocycles. The summed E-state index contributed by atoms with van der Waals surface area (Å²) in [4.78, 5) is 0. The highest BCUT2D eigenvalue weighted by atomic mass is 28.5. The molecule has 8 aromatic carbocycles. The monoisotopic (exact) mass is 1820 g/mol. The summed E-state index contributed by atoms with van der Waals surface area (Å²) in [5, 5.41) is 9.15. The lowest BCUT2D eigenvalue weighted by Gasteiger charge is -2.45. The quantitative estimate of drug-likeness (QED) is 0.0339. The standard InChI is InChI=1S/C53H90O7Si11.C29H48O5Si6.2CH4/c1-61(2)54-71(55-62(3)4,53-41-31-22-32-42-53)60-68(16,17)48-47-67(14,15)59-70(51-37-27-20-28-38-51,52-39-29-21-30-40-52)58-66(12,13)46-45-65(10,11)57-69(49-33-23-18-24-34-49,50-35-25-19-26-36-50)56-64(8,9)44-43-63(5,6)7;1-30-39(27-19-13-10-14-20-27,28-21-15-11-16-22-28)33-37(6,7)25-26-38(8,9)34-40(31-35(2)3,32-36(4)5)29-23-17-12-18-24-29;;/h18-42,61-62H,43-48H2,1-17H3;10-24,35-36H,25-26H2,1-9H3;2*1H4. The molecule has 0 heterocycles. The van der Waals surface area contributed by atoms with Crippen LogP contribution in [-0.2, 0) is 49.7 Å². The molecule has 0 aromatic heterocycles. The zero-order valence-corrected chi connectivity index (χ0v) is 90.1. The lowest BCUT2D eigenvalue weighted by Crippen LogP contribution is -2.71. The highest BCUT2D eigenvalue weighted by Gasteiger charge is 2.56. The van der Waals surface area contributed by atoms with Gasteiger partial charge in [-0.3, -0.25) is 0 Å². The summed E-state index contributed by atoms with van der Waals surface area (Å²) < 4.78 is 87.7. The van der Waals surface area contributed by atoms with E-state index in [9.17, 15) is 0 Å². The van der Waals surface area contributed by atoms with E-state index in [1.807, 2.05) is 18.2 Å². The lowest BCUT2D eigenvalue weighted by atomic mass is 10.4. The van der Waals surface area contributed by atoms with Gasteiger partial charge in [0.25, 0.3) is 0 Å². The van der Waals surface area contributed by atoms with Crippen molar-refractivity contribution >= 4 is 187 Å². The Labute approximate surface area is 707 Å². The molecular formula is C84H146O12Si17. The normalized spacial score (nSPS) is 13.4. The minimum Gasteiger partial charge on any atom is -0.430 e. The van der Waals surface area contributed by atoms with Gasteiger partial charge in [-0.1, -0.05) is 283 Å². The summed E-state index contributed by atoms with van der Waals surface area (Å²) in [6.07, 6.45) is 0. The first-order chi connectivity index (χ1) is 51.8. The zero-order chi connectivity index (χ0) is 81.9. The second-order valence-electron chi connectivity index (χ2n) is 36.4. The van der Waals surface area contributed by atoms with Gasteiger partial charge in [-0.2, -0.15) is 0 Å². The fourth-order valence-corrected chi connectivity index (χ4v) is 87.6. The fourth-order valence-electron chi connectivity index (χ4n) is 13.9. The van der Waals surface area contributed by atoms with E-state index in [0.717, 1.165) is 73.4 Å². The molecule has 622 valence electrons. The van der Waals surface area contributed by atoms with Crippen LogP contribution in [0.2, 0.25) is 212 Å². The molecule has 12 nitrogen and oxygen atoms in total. The van der Waals surface area contributed by atoms with Gasteiger partial charge in [0.2, 0.25) is 0 Å². The highest BCUT2D eigenvalue weighted by Crippen LogP contribution is 2.36. The van der Waals surface area contributed by atoms with E-state index in [4.69, 9.17) is 49.7 Å². The maximum atomic E-state index is 8.03. The van der Waals surface area contributed by atoms with E-state index in [1.54, 1.807) is 7.11 Å². The summed E-state index contributed by atoms with van der Waals surface area (Å²) >= 11 is 0. The van der Waals surface area contributed by atoms with E-state index in [-0.39, 0.29) is 14.9 Å². The van der Waals surface area contributed by atoms with Crippen molar-refractivity contribution in [3.05, 3.63) is 243 Å². The molecule has 0 fully saturated rings. The number of rotatable bonds is 43. The van der Waals surface area contributed by atoms with Crippen LogP contribution < -0.4 is 41.5 Å². The van der Waals surface area contributed by atoms with Crippen LogP contribution in [0, 0.1) is 0 Å². The molecular weight excluding hydrogens is 1680 g/mol. The smallest absolute Gasteiger partial charge is 0.430 e. The Kier molecular flexibility index (Phi) is 38.7. The minimum absolute atomic E-state index is 0. The first-order valence-electron chi connectivity index (χ1n) is 40.5. The second kappa shape index (κ2) is 43.5. The van der Waals surface area contributed by atoms with Crippen LogP contribution in [0.4, 0.5) is 0 Å². The molecule has 0 atom stereocenters. The van der Waals surface area contributed by atoms with Crippen LogP contribution in [0.25, 0.3) is 0 Å². The number of hydrogen-bond donors (Lipinski definition) is 0. The number of benzene rings is 8. The van der Waals surface area contributed by atoms with Crippen LogP contribution in [0.5, 0.6) is 0 Å². The van der Waals surface area contributed by atoms with Crippen LogP contribution in [-0.4, -0.2) is 153 Å². The van der Waals surface area contributed by atoms with Gasteiger partial charge >= 0.3 is 43.3 Å². The molecule has 113 heavy (non-hydrogen) atoms. The third-order valence-corrected chi connectivity index (χ3v) is 78.4. The van der Waals surface area contributed by atoms with Crippen molar-refractivity contribution in [3.63, 3.8) is 0 Å². The molecule has 0 spiro atoms. The Morgan fingerprint density at radius 3 is 0.522 bits per heavy atom. The van der Waals surface area contributed by atoms with Crippen LogP contribution >= 0.6 is 0 Å². The molecule has 0 unspecified atom stereocenters. The molecule has 0 radical (unpaired) electrons. The average molecular weight is 1830 g/mol. The van der Waals surface area contributed by atoms with Gasteiger partial charge < -0.3 is 49.7 Å². The van der Waals surface area contributed by atoms with Gasteiger partial charge in [0.05, 0.1) is 0 Å². The van der Waals surface area contributed by atoms with Gasteiger partial charge in [-0.15, -0.1) is 0 Å². The Morgan fingerprint density at radius 1 is 0.204 bits per heavy atom. The molecule has 29 heteroatoms. The Balaban J connectivity index is 0.000000460. The van der Waals surface area contributed by atoms with Gasteiger partial charge in [0.1, 0.15) is 0 Å². The Hall–Kier alpha value is -3.03. The fraction of sp³-hybridized carbons (Fsp3) is 0.429. The van der Waals surface area contributed by atoms with E-state index in [0.29, 0.717) is 0 Å². The van der Waals surface area contributed by atoms with Crippen molar-refractivity contribution in [3.8, 4) is 0 Å². The van der Waals surface area contributed by atoms with Crippen LogP contribution in [0.15, 0.2) is 243 Å². The maximum Gasteiger partial charge on any atom is 0.505 e. The first kappa shape index (κ1) is 101. The Morgan fingerprint density at radius 2 is 0.354 bits per heavy atom. The van der Waals surface area contributed by atoms with Crippen molar-refractivity contribution in [1.29, 1.82) is 0 Å². The largest absolute Gasteiger partial charge is 0.505 e. The first-order valence-corrected chi connectivity index (χ1v) is 86.0. The SMILES string of the molecule is C.C.CO[Si](O[Si](C)(C)CC[Si](C)(C)O[Si](O[SiH](C)C)(O[SiH](C)C)c1ccccc1)(c1ccccc1)c1ccccc1.C[SiH](C)O[Si](O[SiH](C)C)(O[Si](C)(C)CC[Si](C)(C)O[Si](O[Si](C)(C)CC[Si](C)(C)O[Si](O[Si](C)(C)CC[Si](C)(C)C)(c1ccccc1)c1ccccc1)(c1ccccc1)c1ccccc1)c1ccccc1. The summed E-state index contributed by atoms with van der Waals surface area (Å²) in [6.45, 7) is 58.5. The molecule has 0 aliphatic rings. The van der Waals surface area contributed by atoms with Gasteiger partial charge in [0, 0.05) is 25.6 Å². The van der Waals surface area contributed by atoms with E-state index in [1.165, 1.54) is 16.4 Å². The third kappa shape index (κ3) is 30.6. The van der Waals surface area contributed by atoms with Crippen molar-refractivity contribution in [2.24, 2.45) is 0 Å². The highest BCUT2D eigenvalue weighted by molar-refractivity contribution is 7.05. The summed E-state index contributed by atoms with van der Waals surface area (Å²) in [7, 11) is -37.6. The summed E-state index contributed by atoms with van der Waals surface area (Å²) in [6, 6.07) is 93.8. The lowest BCUT2D eigenvalue weighted by molar-refractivity contribution is 0.281. The molecule has 0 aliphatic heterocycles. The molecule has 0 amide bonds. The van der Waals surface area contributed by atoms with Crippen molar-refractivity contribution in [2.45, 2.75) is 227 Å². The van der Waals surface area contributed by atoms with E-state index >= 15 is 0 Å². The van der Waals surface area contributed by atoms with Gasteiger partial charge in [0.15, 0.2) is 94.4 Å². The van der Waals surface area contributed by atoms with Crippen LogP contribution in [0.3, 0.4) is 0 Å². The molecule has 8 aromatic rings. The zero-order valence-electron chi connectivity index (χ0n) is 72.5. The minimum atomic E-state index is -3.33. The molecule has 0 saturated heterocycles. The van der Waals surface area contributed by atoms with Crippen molar-refractivity contribution in [1.82, 2.24) is 0 Å². The predicted molar refractivity (Wildman–Crippen MR) is 529 cm³/mol. The van der Waals surface area contributed by atoms with Crippen LogP contribution in [0.1, 0.15) is 14.9 Å². The van der Waals surface area contributed by atoms with Crippen molar-refractivity contribution < 1.29 is 49.7 Å². The number of hydrogen-bond acceptors (Lipinski definition) is 12. The van der Waals surface area contributed by atoms with E-state index in [2.05, 4.69) is 388 Å². The molecule has 8 rings (SSSR count). The van der Waals surface area contributed by atoms with Gasteiger partial charge in [-0.25, -0.2) is 0 Å². The summed E-state index contributed by atoms with van der Waals surface area (Å²) in [5.41, 5.74) is 0. The Bertz CT molecular complexity index is 3870. The molecule has 0 aliphatic carbocycles. The van der Waals surface area contributed by atoms with Gasteiger partial charge in [-0.05, 0) is 217 Å². The molecule has 0 N–H and O–H groups in total. The maximum absolute atomic E-state index is 8.03. The van der Waals surface area contributed by atoms with E-state index < -0.39 is 146 Å². The second-order valence-corrected chi connectivity index (χ2v) is 98.9. The van der Waals surface area contributed by atoms with Crippen molar-refractivity contribution in [2.75, 3.05) is 7.11 Å².